The van der Waals surface area contributed by atoms with Gasteiger partial charge in [0.1, 0.15) is 21.4 Å². The molecule has 0 aromatic carbocycles. The van der Waals surface area contributed by atoms with Gasteiger partial charge in [-0.05, 0) is 32.9 Å². The fourth-order valence-corrected chi connectivity index (χ4v) is 5.74. The molecule has 3 aromatic rings. The van der Waals surface area contributed by atoms with E-state index in [0.29, 0.717) is 36.3 Å². The number of ether oxygens (including phenoxy) is 1. The summed E-state index contributed by atoms with van der Waals surface area (Å²) in [5.41, 5.74) is 0.442. The van der Waals surface area contributed by atoms with Gasteiger partial charge in [-0.3, -0.25) is 10.1 Å². The fraction of sp³-hybridized carbons (Fsp3) is 0.364. The molecule has 186 valence electrons. The van der Waals surface area contributed by atoms with Crippen LogP contribution >= 0.6 is 57.5 Å². The number of piperazine rings is 1. The van der Waals surface area contributed by atoms with Gasteiger partial charge in [0, 0.05) is 37.8 Å². The topological polar surface area (TPSA) is 87.7 Å². The van der Waals surface area contributed by atoms with Crippen molar-refractivity contribution in [3.8, 4) is 10.6 Å². The van der Waals surface area contributed by atoms with Crippen LogP contribution in [-0.4, -0.2) is 58.6 Å². The third-order valence-electron chi connectivity index (χ3n) is 4.91. The summed E-state index contributed by atoms with van der Waals surface area (Å²) in [4.78, 5) is 38.6. The van der Waals surface area contributed by atoms with Crippen molar-refractivity contribution in [1.29, 1.82) is 0 Å². The Balaban J connectivity index is 1.54. The Hall–Kier alpha value is -2.11. The van der Waals surface area contributed by atoms with E-state index in [9.17, 15) is 9.59 Å². The number of nitrogens with one attached hydrogen (secondary N) is 1. The first-order valence-corrected chi connectivity index (χ1v) is 13.4. The summed E-state index contributed by atoms with van der Waals surface area (Å²) in [6, 6.07) is 3.30. The second-order valence-corrected chi connectivity index (χ2v) is 11.8. The summed E-state index contributed by atoms with van der Waals surface area (Å²) in [5.74, 6) is -0.401. The average Bonchev–Trinajstić information content (AvgIpc) is 3.40. The van der Waals surface area contributed by atoms with Crippen LogP contribution in [-0.2, 0) is 4.74 Å². The maximum absolute atomic E-state index is 12.8. The van der Waals surface area contributed by atoms with Crippen LogP contribution in [0.2, 0.25) is 15.2 Å². The zero-order chi connectivity index (χ0) is 25.3. The SMILES string of the molecule is CC(C)(C)OC(=O)N1CCN(c2sc(NC(=O)c3cnc(Cl)c(Cl)c3)nc2-c2cc(Cl)cs2)CC1. The molecule has 1 aliphatic heterocycles. The average molecular weight is 575 g/mol. The number of pyridine rings is 1. The van der Waals surface area contributed by atoms with E-state index in [1.165, 1.54) is 34.9 Å². The molecule has 0 radical (unpaired) electrons. The number of thiophene rings is 1. The lowest BCUT2D eigenvalue weighted by Gasteiger charge is -2.36. The Morgan fingerprint density at radius 1 is 1.11 bits per heavy atom. The lowest BCUT2D eigenvalue weighted by atomic mass is 10.2. The van der Waals surface area contributed by atoms with Gasteiger partial charge in [0.15, 0.2) is 5.13 Å². The van der Waals surface area contributed by atoms with Crippen LogP contribution in [0.3, 0.4) is 0 Å². The zero-order valence-corrected chi connectivity index (χ0v) is 23.0. The Morgan fingerprint density at radius 2 is 1.83 bits per heavy atom. The zero-order valence-electron chi connectivity index (χ0n) is 19.1. The largest absolute Gasteiger partial charge is 0.444 e. The Labute approximate surface area is 225 Å². The summed E-state index contributed by atoms with van der Waals surface area (Å²) in [6.45, 7) is 7.75. The highest BCUT2D eigenvalue weighted by Gasteiger charge is 2.29. The normalized spacial score (nSPS) is 14.2. The first-order valence-electron chi connectivity index (χ1n) is 10.6. The van der Waals surface area contributed by atoms with E-state index in [0.717, 1.165) is 15.6 Å². The molecule has 0 atom stereocenters. The summed E-state index contributed by atoms with van der Waals surface area (Å²) in [7, 11) is 0. The molecule has 1 saturated heterocycles. The predicted molar refractivity (Wildman–Crippen MR) is 143 cm³/mol. The van der Waals surface area contributed by atoms with Gasteiger partial charge in [0.05, 0.1) is 20.5 Å². The number of anilines is 2. The number of rotatable bonds is 4. The van der Waals surface area contributed by atoms with E-state index < -0.39 is 11.5 Å². The molecule has 0 saturated carbocycles. The maximum atomic E-state index is 12.8. The Kier molecular flexibility index (Phi) is 7.77. The summed E-state index contributed by atoms with van der Waals surface area (Å²) in [5, 5.41) is 6.89. The first-order chi connectivity index (χ1) is 16.5. The molecule has 8 nitrogen and oxygen atoms in total. The minimum Gasteiger partial charge on any atom is -0.444 e. The number of amides is 2. The number of aromatic nitrogens is 2. The van der Waals surface area contributed by atoms with Crippen molar-refractivity contribution in [3.05, 3.63) is 44.5 Å². The highest BCUT2D eigenvalue weighted by Crippen LogP contribution is 2.42. The summed E-state index contributed by atoms with van der Waals surface area (Å²) < 4.78 is 5.50. The van der Waals surface area contributed by atoms with E-state index >= 15 is 0 Å². The third kappa shape index (κ3) is 6.37. The van der Waals surface area contributed by atoms with Gasteiger partial charge < -0.3 is 14.5 Å². The minimum atomic E-state index is -0.547. The number of nitrogens with zero attached hydrogens (tertiary/aromatic N) is 4. The molecule has 0 aliphatic carbocycles. The second-order valence-electron chi connectivity index (χ2n) is 8.71. The predicted octanol–water partition coefficient (Wildman–Crippen LogP) is 6.54. The molecule has 1 aliphatic rings. The molecule has 3 aromatic heterocycles. The quantitative estimate of drug-likeness (QED) is 0.356. The summed E-state index contributed by atoms with van der Waals surface area (Å²) in [6.07, 6.45) is 1.03. The molecular formula is C22H22Cl3N5O3S2. The number of halogens is 3. The minimum absolute atomic E-state index is 0.127. The van der Waals surface area contributed by atoms with Crippen LogP contribution < -0.4 is 10.2 Å². The van der Waals surface area contributed by atoms with Crippen LogP contribution in [0.25, 0.3) is 10.6 Å². The van der Waals surface area contributed by atoms with Crippen molar-refractivity contribution >= 4 is 79.6 Å². The Morgan fingerprint density at radius 3 is 2.43 bits per heavy atom. The van der Waals surface area contributed by atoms with Crippen LogP contribution in [0.5, 0.6) is 0 Å². The van der Waals surface area contributed by atoms with Crippen LogP contribution in [0.1, 0.15) is 31.1 Å². The van der Waals surface area contributed by atoms with Crippen molar-refractivity contribution < 1.29 is 14.3 Å². The molecule has 4 heterocycles. The van der Waals surface area contributed by atoms with Crippen LogP contribution in [0.15, 0.2) is 23.7 Å². The Bertz CT molecular complexity index is 1250. The van der Waals surface area contributed by atoms with Crippen molar-refractivity contribution in [3.63, 3.8) is 0 Å². The van der Waals surface area contributed by atoms with Crippen molar-refractivity contribution in [2.24, 2.45) is 0 Å². The van der Waals surface area contributed by atoms with Gasteiger partial charge in [-0.1, -0.05) is 46.1 Å². The van der Waals surface area contributed by atoms with E-state index in [1.54, 1.807) is 4.90 Å². The number of carbonyl (C=O) groups is 2. The molecule has 35 heavy (non-hydrogen) atoms. The number of hydrogen-bond donors (Lipinski definition) is 1. The molecule has 1 N–H and O–H groups in total. The third-order valence-corrected chi connectivity index (χ3v) is 7.91. The van der Waals surface area contributed by atoms with Crippen molar-refractivity contribution in [1.82, 2.24) is 14.9 Å². The smallest absolute Gasteiger partial charge is 0.410 e. The summed E-state index contributed by atoms with van der Waals surface area (Å²) >= 11 is 20.8. The van der Waals surface area contributed by atoms with Crippen LogP contribution in [0, 0.1) is 0 Å². The van der Waals surface area contributed by atoms with E-state index in [4.69, 9.17) is 39.5 Å². The fourth-order valence-electron chi connectivity index (χ4n) is 3.31. The molecule has 0 bridgehead atoms. The number of hydrogen-bond acceptors (Lipinski definition) is 8. The van der Waals surface area contributed by atoms with Crippen LogP contribution in [0.4, 0.5) is 14.9 Å². The van der Waals surface area contributed by atoms with Gasteiger partial charge >= 0.3 is 6.09 Å². The molecule has 0 spiro atoms. The lowest BCUT2D eigenvalue weighted by Crippen LogP contribution is -2.50. The standard InChI is InChI=1S/C22H22Cl3N5O3S2/c1-22(2,3)33-21(32)30-6-4-29(5-7-30)19-16(15-9-13(23)11-34-15)27-20(35-19)28-18(31)12-8-14(24)17(25)26-10-12/h8-11H,4-7H2,1-3H3,(H,27,28,31). The van der Waals surface area contributed by atoms with E-state index in [2.05, 4.69) is 20.2 Å². The van der Waals surface area contributed by atoms with Gasteiger partial charge in [0.25, 0.3) is 5.91 Å². The molecule has 0 unspecified atom stereocenters. The van der Waals surface area contributed by atoms with Gasteiger partial charge in [0.2, 0.25) is 0 Å². The van der Waals surface area contributed by atoms with Gasteiger partial charge in [-0.2, -0.15) is 0 Å². The lowest BCUT2D eigenvalue weighted by molar-refractivity contribution is 0.0241. The second kappa shape index (κ2) is 10.5. The molecule has 1 fully saturated rings. The van der Waals surface area contributed by atoms with E-state index in [1.807, 2.05) is 32.2 Å². The van der Waals surface area contributed by atoms with Crippen molar-refractivity contribution in [2.45, 2.75) is 26.4 Å². The van der Waals surface area contributed by atoms with E-state index in [-0.39, 0.29) is 21.8 Å². The molecule has 13 heteroatoms. The first kappa shape index (κ1) is 26.0. The highest BCUT2D eigenvalue weighted by molar-refractivity contribution is 7.21. The van der Waals surface area contributed by atoms with Gasteiger partial charge in [-0.15, -0.1) is 11.3 Å². The molecule has 4 rings (SSSR count). The number of carbonyl (C=O) groups excluding carboxylic acids is 2. The molecule has 2 amide bonds. The highest BCUT2D eigenvalue weighted by atomic mass is 35.5. The van der Waals surface area contributed by atoms with Crippen molar-refractivity contribution in [2.75, 3.05) is 36.4 Å². The number of thiazole rings is 1. The molecular weight excluding hydrogens is 553 g/mol. The van der Waals surface area contributed by atoms with Gasteiger partial charge in [-0.25, -0.2) is 14.8 Å². The maximum Gasteiger partial charge on any atom is 0.410 e. The monoisotopic (exact) mass is 573 g/mol.